The Bertz CT molecular complexity index is 703. The molecule has 1 fully saturated rings. The van der Waals surface area contributed by atoms with E-state index in [4.69, 9.17) is 11.5 Å². The van der Waals surface area contributed by atoms with Crippen LogP contribution < -0.4 is 32.7 Å². The van der Waals surface area contributed by atoms with Crippen molar-refractivity contribution in [3.63, 3.8) is 0 Å². The second-order valence-electron chi connectivity index (χ2n) is 8.24. The molecule has 1 rings (SSSR count). The highest BCUT2D eigenvalue weighted by molar-refractivity contribution is 7.98. The molecule has 194 valence electrons. The first-order chi connectivity index (χ1) is 16.2. The number of nitrogens with two attached hydrogens (primary N) is 2. The van der Waals surface area contributed by atoms with Crippen molar-refractivity contribution in [2.75, 3.05) is 25.1 Å². The van der Waals surface area contributed by atoms with E-state index < -0.39 is 41.8 Å². The van der Waals surface area contributed by atoms with E-state index in [0.29, 0.717) is 38.0 Å². The van der Waals surface area contributed by atoms with Gasteiger partial charge in [-0.3, -0.25) is 19.2 Å². The van der Waals surface area contributed by atoms with Gasteiger partial charge in [0.05, 0.1) is 6.04 Å². The average molecular weight is 503 g/mol. The number of carbonyl (C=O) groups is 5. The number of aliphatic carboxylic acids is 1. The highest BCUT2D eigenvalue weighted by Crippen LogP contribution is 2.09. The minimum Gasteiger partial charge on any atom is -0.480 e. The first kappa shape index (κ1) is 29.7. The number of nitrogens with one attached hydrogen (secondary N) is 4. The lowest BCUT2D eigenvalue weighted by Gasteiger charge is -2.25. The van der Waals surface area contributed by atoms with Crippen molar-refractivity contribution in [1.82, 2.24) is 21.3 Å². The molecule has 1 heterocycles. The molecule has 34 heavy (non-hydrogen) atoms. The van der Waals surface area contributed by atoms with E-state index in [1.807, 2.05) is 6.26 Å². The minimum absolute atomic E-state index is 0.102. The van der Waals surface area contributed by atoms with Gasteiger partial charge in [-0.05, 0) is 70.0 Å². The molecule has 0 saturated carbocycles. The molecular formula is C21H38N6O6S. The first-order valence-corrected chi connectivity index (χ1v) is 12.9. The molecule has 4 amide bonds. The van der Waals surface area contributed by atoms with Crippen LogP contribution >= 0.6 is 11.8 Å². The fourth-order valence-corrected chi connectivity index (χ4v) is 4.01. The zero-order chi connectivity index (χ0) is 25.5. The minimum atomic E-state index is -1.20. The maximum absolute atomic E-state index is 13.0. The Hall–Kier alpha value is -2.38. The molecule has 0 aliphatic carbocycles. The summed E-state index contributed by atoms with van der Waals surface area (Å²) in [5.74, 6) is -2.97. The van der Waals surface area contributed by atoms with Crippen molar-refractivity contribution < 1.29 is 29.1 Å². The van der Waals surface area contributed by atoms with Crippen molar-refractivity contribution in [2.24, 2.45) is 11.5 Å². The lowest BCUT2D eigenvalue weighted by Crippen LogP contribution is -2.57. The van der Waals surface area contributed by atoms with Crippen LogP contribution in [0.25, 0.3) is 0 Å². The molecule has 12 nitrogen and oxygen atoms in total. The number of unbranched alkanes of at least 4 members (excludes halogenated alkanes) is 1. The third-order valence-corrected chi connectivity index (χ3v) is 6.14. The number of amides is 4. The van der Waals surface area contributed by atoms with Gasteiger partial charge in [0, 0.05) is 6.42 Å². The maximum atomic E-state index is 13.0. The van der Waals surface area contributed by atoms with Gasteiger partial charge >= 0.3 is 5.97 Å². The van der Waals surface area contributed by atoms with Crippen LogP contribution in [0, 0.1) is 0 Å². The van der Waals surface area contributed by atoms with Crippen molar-refractivity contribution >= 4 is 41.4 Å². The first-order valence-electron chi connectivity index (χ1n) is 11.5. The van der Waals surface area contributed by atoms with Crippen molar-refractivity contribution in [1.29, 1.82) is 0 Å². The van der Waals surface area contributed by atoms with Crippen LogP contribution in [0.5, 0.6) is 0 Å². The second-order valence-corrected chi connectivity index (χ2v) is 9.23. The lowest BCUT2D eigenvalue weighted by molar-refractivity contribution is -0.142. The van der Waals surface area contributed by atoms with Gasteiger partial charge in [0.15, 0.2) is 0 Å². The zero-order valence-electron chi connectivity index (χ0n) is 19.6. The van der Waals surface area contributed by atoms with E-state index in [1.54, 1.807) is 0 Å². The molecule has 1 aliphatic heterocycles. The maximum Gasteiger partial charge on any atom is 0.326 e. The fraction of sp³-hybridized carbons (Fsp3) is 0.762. The topological polar surface area (TPSA) is 206 Å². The summed E-state index contributed by atoms with van der Waals surface area (Å²) in [4.78, 5) is 61.2. The van der Waals surface area contributed by atoms with Crippen LogP contribution in [-0.4, -0.2) is 84.0 Å². The van der Waals surface area contributed by atoms with Gasteiger partial charge in [-0.1, -0.05) is 0 Å². The Balaban J connectivity index is 2.92. The Kier molecular flexibility index (Phi) is 14.2. The van der Waals surface area contributed by atoms with E-state index in [2.05, 4.69) is 21.3 Å². The molecule has 0 radical (unpaired) electrons. The Labute approximate surface area is 204 Å². The van der Waals surface area contributed by atoms with Crippen LogP contribution in [0.2, 0.25) is 0 Å². The second kappa shape index (κ2) is 16.3. The molecule has 13 heteroatoms. The van der Waals surface area contributed by atoms with E-state index >= 15 is 0 Å². The standard InChI is InChI=1S/C21H38N6O6S/c1-34-12-9-16(21(32)33)27-20(31)15(7-8-17(23)28)26-19(30)14(5-2-3-10-22)25-18(29)13-6-4-11-24-13/h13-16,24H,2-12,22H2,1H3,(H2,23,28)(H,25,29)(H,26,30)(H,27,31)(H,32,33). The van der Waals surface area contributed by atoms with Crippen LogP contribution in [0.1, 0.15) is 51.4 Å². The molecule has 0 bridgehead atoms. The molecule has 0 aromatic rings. The van der Waals surface area contributed by atoms with Gasteiger partial charge in [0.2, 0.25) is 23.6 Å². The van der Waals surface area contributed by atoms with E-state index in [9.17, 15) is 29.1 Å². The van der Waals surface area contributed by atoms with Crippen molar-refractivity contribution in [3.8, 4) is 0 Å². The number of carboxylic acids is 1. The van der Waals surface area contributed by atoms with E-state index in [-0.39, 0.29) is 31.2 Å². The predicted molar refractivity (Wildman–Crippen MR) is 129 cm³/mol. The number of carbonyl (C=O) groups excluding carboxylic acids is 4. The van der Waals surface area contributed by atoms with E-state index in [0.717, 1.165) is 13.0 Å². The molecule has 0 aromatic carbocycles. The van der Waals surface area contributed by atoms with Gasteiger partial charge in [0.1, 0.15) is 18.1 Å². The van der Waals surface area contributed by atoms with Crippen LogP contribution in [0.15, 0.2) is 0 Å². The number of primary amides is 1. The lowest BCUT2D eigenvalue weighted by atomic mass is 10.0. The van der Waals surface area contributed by atoms with Crippen LogP contribution in [0.4, 0.5) is 0 Å². The molecule has 0 aromatic heterocycles. The number of rotatable bonds is 17. The average Bonchev–Trinajstić information content (AvgIpc) is 3.33. The van der Waals surface area contributed by atoms with Gasteiger partial charge in [-0.25, -0.2) is 4.79 Å². The molecule has 0 spiro atoms. The quantitative estimate of drug-likeness (QED) is 0.114. The van der Waals surface area contributed by atoms with Gasteiger partial charge in [-0.15, -0.1) is 0 Å². The molecule has 4 atom stereocenters. The van der Waals surface area contributed by atoms with Crippen molar-refractivity contribution in [2.45, 2.75) is 75.5 Å². The highest BCUT2D eigenvalue weighted by Gasteiger charge is 2.31. The third kappa shape index (κ3) is 11.2. The summed E-state index contributed by atoms with van der Waals surface area (Å²) in [5.41, 5.74) is 10.7. The molecule has 1 aliphatic rings. The van der Waals surface area contributed by atoms with Crippen molar-refractivity contribution in [3.05, 3.63) is 0 Å². The largest absolute Gasteiger partial charge is 0.480 e. The van der Waals surface area contributed by atoms with Gasteiger partial charge in [-0.2, -0.15) is 11.8 Å². The Morgan fingerprint density at radius 2 is 1.65 bits per heavy atom. The van der Waals surface area contributed by atoms with Gasteiger partial charge in [0.25, 0.3) is 0 Å². The Morgan fingerprint density at radius 3 is 2.18 bits per heavy atom. The summed E-state index contributed by atoms with van der Waals surface area (Å²) in [5, 5.41) is 20.2. The SMILES string of the molecule is CSCCC(NC(=O)C(CCC(N)=O)NC(=O)C(CCCCN)NC(=O)C1CCCN1)C(=O)O. The van der Waals surface area contributed by atoms with Gasteiger partial charge < -0.3 is 37.8 Å². The molecule has 9 N–H and O–H groups in total. The summed E-state index contributed by atoms with van der Waals surface area (Å²) in [6.45, 7) is 1.15. The predicted octanol–water partition coefficient (Wildman–Crippen LogP) is -1.57. The van der Waals surface area contributed by atoms with Crippen LogP contribution in [0.3, 0.4) is 0 Å². The highest BCUT2D eigenvalue weighted by atomic mass is 32.2. The fourth-order valence-electron chi connectivity index (χ4n) is 3.54. The summed E-state index contributed by atoms with van der Waals surface area (Å²) >= 11 is 1.44. The Morgan fingerprint density at radius 1 is 1.00 bits per heavy atom. The normalized spacial score (nSPS) is 17.9. The molecule has 4 unspecified atom stereocenters. The summed E-state index contributed by atoms with van der Waals surface area (Å²) < 4.78 is 0. The molecule has 1 saturated heterocycles. The van der Waals surface area contributed by atoms with E-state index in [1.165, 1.54) is 11.8 Å². The summed E-state index contributed by atoms with van der Waals surface area (Å²) in [7, 11) is 0. The number of carboxylic acid groups (broad SMARTS) is 1. The third-order valence-electron chi connectivity index (χ3n) is 5.49. The summed E-state index contributed by atoms with van der Waals surface area (Å²) in [6, 6.07) is -3.61. The molecular weight excluding hydrogens is 464 g/mol. The smallest absolute Gasteiger partial charge is 0.326 e. The summed E-state index contributed by atoms with van der Waals surface area (Å²) in [6.07, 6.45) is 4.81. The van der Waals surface area contributed by atoms with Crippen LogP contribution in [-0.2, 0) is 24.0 Å². The number of thioether (sulfide) groups is 1. The number of hydrogen-bond acceptors (Lipinski definition) is 8. The zero-order valence-corrected chi connectivity index (χ0v) is 20.5. The monoisotopic (exact) mass is 502 g/mol. The number of hydrogen-bond donors (Lipinski definition) is 7.